The first-order chi connectivity index (χ1) is 12.7. The van der Waals surface area contributed by atoms with Crippen molar-refractivity contribution in [2.24, 2.45) is 5.73 Å². The van der Waals surface area contributed by atoms with E-state index < -0.39 is 5.54 Å². The van der Waals surface area contributed by atoms with E-state index in [2.05, 4.69) is 31.0 Å². The predicted molar refractivity (Wildman–Crippen MR) is 102 cm³/mol. The summed E-state index contributed by atoms with van der Waals surface area (Å²) < 4.78 is 7.15. The summed E-state index contributed by atoms with van der Waals surface area (Å²) in [5, 5.41) is 19.3. The fourth-order valence-corrected chi connectivity index (χ4v) is 3.32. The van der Waals surface area contributed by atoms with Gasteiger partial charge in [-0.3, -0.25) is 0 Å². The van der Waals surface area contributed by atoms with E-state index in [9.17, 15) is 0 Å². The zero-order valence-electron chi connectivity index (χ0n) is 15.1. The van der Waals surface area contributed by atoms with E-state index >= 15 is 0 Å². The highest BCUT2D eigenvalue weighted by atomic mass is 35.5. The number of halogens is 1. The van der Waals surface area contributed by atoms with Gasteiger partial charge in [-0.05, 0) is 41.8 Å². The second-order valence-electron chi connectivity index (χ2n) is 6.67. The molecule has 10 heteroatoms. The molecule has 27 heavy (non-hydrogen) atoms. The van der Waals surface area contributed by atoms with Crippen molar-refractivity contribution in [1.82, 2.24) is 30.3 Å². The molecule has 9 nitrogen and oxygen atoms in total. The third-order valence-corrected chi connectivity index (χ3v) is 4.86. The summed E-state index contributed by atoms with van der Waals surface area (Å²) in [6.45, 7) is 2.03. The topological polar surface area (TPSA) is 121 Å². The van der Waals surface area contributed by atoms with Gasteiger partial charge in [-0.1, -0.05) is 48.2 Å². The molecule has 1 aliphatic rings. The van der Waals surface area contributed by atoms with Gasteiger partial charge in [0.1, 0.15) is 6.04 Å². The number of nitrogens with one attached hydrogen (secondary N) is 1. The van der Waals surface area contributed by atoms with Gasteiger partial charge >= 0.3 is 0 Å². The van der Waals surface area contributed by atoms with Gasteiger partial charge in [-0.2, -0.15) is 9.67 Å². The molecule has 1 fully saturated rings. The number of rotatable bonds is 6. The molecule has 0 saturated heterocycles. The summed E-state index contributed by atoms with van der Waals surface area (Å²) in [5.74, 6) is 1.61. The Labute approximate surface area is 163 Å². The molecule has 2 aromatic heterocycles. The lowest BCUT2D eigenvalue weighted by Crippen LogP contribution is -2.34. The van der Waals surface area contributed by atoms with Crippen molar-refractivity contribution in [3.63, 3.8) is 0 Å². The van der Waals surface area contributed by atoms with Gasteiger partial charge in [0.2, 0.25) is 11.8 Å². The monoisotopic (exact) mass is 390 g/mol. The van der Waals surface area contributed by atoms with Crippen LogP contribution >= 0.6 is 12.4 Å². The number of hydrogen-bond acceptors (Lipinski definition) is 8. The summed E-state index contributed by atoms with van der Waals surface area (Å²) in [7, 11) is 0. The van der Waals surface area contributed by atoms with E-state index in [1.54, 1.807) is 4.68 Å². The van der Waals surface area contributed by atoms with Crippen LogP contribution in [-0.4, -0.2) is 30.3 Å². The molecule has 1 unspecified atom stereocenters. The maximum atomic E-state index is 6.43. The van der Waals surface area contributed by atoms with Gasteiger partial charge in [0.25, 0.3) is 0 Å². The number of tetrazole rings is 1. The van der Waals surface area contributed by atoms with Gasteiger partial charge in [0.15, 0.2) is 5.82 Å². The molecule has 3 aromatic rings. The Morgan fingerprint density at radius 2 is 2.00 bits per heavy atom. The highest BCUT2D eigenvalue weighted by Gasteiger charge is 2.36. The Morgan fingerprint density at radius 3 is 2.70 bits per heavy atom. The second-order valence-corrected chi connectivity index (χ2v) is 6.67. The maximum Gasteiger partial charge on any atom is 0.249 e. The van der Waals surface area contributed by atoms with Crippen molar-refractivity contribution in [3.05, 3.63) is 42.0 Å². The van der Waals surface area contributed by atoms with E-state index in [-0.39, 0.29) is 18.4 Å². The standard InChI is InChI=1S/C17H22N8O.ClH/c1-2-13(14-20-15(22-26-14)17(18)10-6-7-11-17)19-16-21-23-24-25(16)12-8-4-3-5-9-12;/h3-5,8-9,13H,2,6-7,10-11,18H2,1H3,(H,19,21,24);1H. The van der Waals surface area contributed by atoms with E-state index in [1.807, 2.05) is 37.3 Å². The van der Waals surface area contributed by atoms with Crippen LogP contribution in [0.4, 0.5) is 5.95 Å². The van der Waals surface area contributed by atoms with Crippen LogP contribution in [0, 0.1) is 0 Å². The van der Waals surface area contributed by atoms with E-state index in [0.717, 1.165) is 37.8 Å². The first-order valence-corrected chi connectivity index (χ1v) is 8.93. The molecule has 1 saturated carbocycles. The number of nitrogens with zero attached hydrogens (tertiary/aromatic N) is 6. The smallest absolute Gasteiger partial charge is 0.249 e. The van der Waals surface area contributed by atoms with Crippen LogP contribution in [0.3, 0.4) is 0 Å². The molecule has 0 spiro atoms. The van der Waals surface area contributed by atoms with Crippen LogP contribution in [0.15, 0.2) is 34.9 Å². The Bertz CT molecular complexity index is 859. The number of anilines is 1. The molecule has 3 N–H and O–H groups in total. The molecular weight excluding hydrogens is 368 g/mol. The average molecular weight is 391 g/mol. The summed E-state index contributed by atoms with van der Waals surface area (Å²) >= 11 is 0. The normalized spacial score (nSPS) is 16.7. The Hall–Kier alpha value is -2.52. The maximum absolute atomic E-state index is 6.43. The van der Waals surface area contributed by atoms with Crippen LogP contribution in [0.2, 0.25) is 0 Å². The predicted octanol–water partition coefficient (Wildman–Crippen LogP) is 2.76. The molecule has 1 aliphatic carbocycles. The van der Waals surface area contributed by atoms with Crippen molar-refractivity contribution in [2.45, 2.75) is 50.6 Å². The molecule has 1 aromatic carbocycles. The number of hydrogen-bond donors (Lipinski definition) is 2. The lowest BCUT2D eigenvalue weighted by Gasteiger charge is -2.18. The fourth-order valence-electron chi connectivity index (χ4n) is 3.32. The minimum Gasteiger partial charge on any atom is -0.341 e. The van der Waals surface area contributed by atoms with Gasteiger partial charge in [-0.25, -0.2) is 0 Å². The van der Waals surface area contributed by atoms with Crippen LogP contribution < -0.4 is 11.1 Å². The Morgan fingerprint density at radius 1 is 1.26 bits per heavy atom. The van der Waals surface area contributed by atoms with Crippen LogP contribution in [0.5, 0.6) is 0 Å². The number of para-hydroxylation sites is 1. The fraction of sp³-hybridized carbons (Fsp3) is 0.471. The first kappa shape index (κ1) is 19.2. The van der Waals surface area contributed by atoms with Gasteiger partial charge in [0.05, 0.1) is 11.2 Å². The molecule has 0 bridgehead atoms. The summed E-state index contributed by atoms with van der Waals surface area (Å²) in [5.41, 5.74) is 6.83. The highest BCUT2D eigenvalue weighted by molar-refractivity contribution is 5.85. The SMILES string of the molecule is CCC(Nc1nnnn1-c1ccccc1)c1nc(C2(N)CCCC2)no1.Cl. The summed E-state index contributed by atoms with van der Waals surface area (Å²) in [6.07, 6.45) is 4.72. The Balaban J connectivity index is 0.00000210. The molecule has 0 aliphatic heterocycles. The van der Waals surface area contributed by atoms with Gasteiger partial charge in [0, 0.05) is 0 Å². The number of benzene rings is 1. The summed E-state index contributed by atoms with van der Waals surface area (Å²) in [4.78, 5) is 4.58. The third-order valence-electron chi connectivity index (χ3n) is 4.86. The third kappa shape index (κ3) is 3.79. The lowest BCUT2D eigenvalue weighted by atomic mass is 9.98. The minimum atomic E-state index is -0.467. The quantitative estimate of drug-likeness (QED) is 0.659. The molecule has 0 radical (unpaired) electrons. The minimum absolute atomic E-state index is 0. The molecule has 1 atom stereocenters. The molecular formula is C17H23ClN8O. The van der Waals surface area contributed by atoms with Gasteiger partial charge < -0.3 is 15.6 Å². The largest absolute Gasteiger partial charge is 0.341 e. The summed E-state index contributed by atoms with van der Waals surface area (Å²) in [6, 6.07) is 9.49. The second kappa shape index (κ2) is 8.01. The van der Waals surface area contributed by atoms with Crippen molar-refractivity contribution in [3.8, 4) is 5.69 Å². The molecule has 4 rings (SSSR count). The van der Waals surface area contributed by atoms with Crippen molar-refractivity contribution in [1.29, 1.82) is 0 Å². The zero-order chi connectivity index (χ0) is 18.0. The van der Waals surface area contributed by atoms with Gasteiger partial charge in [-0.15, -0.1) is 12.4 Å². The molecule has 2 heterocycles. The molecule has 0 amide bonds. The van der Waals surface area contributed by atoms with Crippen LogP contribution in [0.25, 0.3) is 5.69 Å². The van der Waals surface area contributed by atoms with Crippen molar-refractivity contribution in [2.75, 3.05) is 5.32 Å². The van der Waals surface area contributed by atoms with E-state index in [0.29, 0.717) is 17.7 Å². The van der Waals surface area contributed by atoms with E-state index in [4.69, 9.17) is 10.3 Å². The lowest BCUT2D eigenvalue weighted by molar-refractivity contribution is 0.337. The number of nitrogens with two attached hydrogens (primary N) is 1. The first-order valence-electron chi connectivity index (χ1n) is 8.93. The van der Waals surface area contributed by atoms with E-state index in [1.165, 1.54) is 0 Å². The van der Waals surface area contributed by atoms with Crippen molar-refractivity contribution >= 4 is 18.4 Å². The number of aromatic nitrogens is 6. The van der Waals surface area contributed by atoms with Crippen LogP contribution in [0.1, 0.15) is 56.8 Å². The highest BCUT2D eigenvalue weighted by Crippen LogP contribution is 2.35. The van der Waals surface area contributed by atoms with Crippen LogP contribution in [-0.2, 0) is 5.54 Å². The van der Waals surface area contributed by atoms with Crippen molar-refractivity contribution < 1.29 is 4.52 Å². The Kier molecular flexibility index (Phi) is 5.71. The average Bonchev–Trinajstić information content (AvgIpc) is 3.41. The molecule has 144 valence electrons. The zero-order valence-corrected chi connectivity index (χ0v) is 15.9.